The third-order valence-electron chi connectivity index (χ3n) is 4.24. The number of nitrogens with zero attached hydrogens (tertiary/aromatic N) is 3. The van der Waals surface area contributed by atoms with Crippen LogP contribution in [-0.4, -0.2) is 15.0 Å². The maximum absolute atomic E-state index is 6.28. The van der Waals surface area contributed by atoms with Crippen LogP contribution in [0.3, 0.4) is 0 Å². The predicted octanol–water partition coefficient (Wildman–Crippen LogP) is 5.28. The Hall–Kier alpha value is -3.19. The summed E-state index contributed by atoms with van der Waals surface area (Å²) in [6.45, 7) is 4.34. The Morgan fingerprint density at radius 3 is 2.33 bits per heavy atom. The first-order valence-corrected chi connectivity index (χ1v) is 9.52. The zero-order chi connectivity index (χ0) is 18.8. The van der Waals surface area contributed by atoms with Crippen molar-refractivity contribution in [2.24, 2.45) is 0 Å². The minimum atomic E-state index is 0.449. The summed E-state index contributed by atoms with van der Waals surface area (Å²) in [6.07, 6.45) is 1.48. The topological polar surface area (TPSA) is 88.8 Å². The Morgan fingerprint density at radius 2 is 1.63 bits per heavy atom. The Balaban J connectivity index is 1.57. The number of nitrogen functional groups attached to an aromatic ring is 1. The van der Waals surface area contributed by atoms with Crippen molar-refractivity contribution in [2.45, 2.75) is 19.8 Å². The summed E-state index contributed by atoms with van der Waals surface area (Å²) in [5.74, 6) is 1.59. The molecule has 4 rings (SSSR count). The second kappa shape index (κ2) is 7.20. The van der Waals surface area contributed by atoms with Crippen LogP contribution in [0.25, 0.3) is 10.2 Å². The lowest BCUT2D eigenvalue weighted by Crippen LogP contribution is -2.05. The van der Waals surface area contributed by atoms with Gasteiger partial charge in [-0.2, -0.15) is 0 Å². The summed E-state index contributed by atoms with van der Waals surface area (Å²) in [5.41, 5.74) is 9.89. The lowest BCUT2D eigenvalue weighted by Gasteiger charge is -2.12. The first kappa shape index (κ1) is 17.2. The van der Waals surface area contributed by atoms with E-state index in [0.717, 1.165) is 21.0 Å². The fraction of sp³-hybridized carbons (Fsp3) is 0.150. The SMILES string of the molecule is CC(C)c1ccc(Nc2ncnc(Nc3nc4ccccc4s3)c2N)cc1. The minimum Gasteiger partial charge on any atom is -0.393 e. The number of fused-ring (bicyclic) bond motifs is 1. The molecule has 7 heteroatoms. The molecule has 0 saturated heterocycles. The van der Waals surface area contributed by atoms with Gasteiger partial charge in [0, 0.05) is 5.69 Å². The fourth-order valence-corrected chi connectivity index (χ4v) is 3.57. The largest absolute Gasteiger partial charge is 0.393 e. The first-order chi connectivity index (χ1) is 13.1. The van der Waals surface area contributed by atoms with Gasteiger partial charge in [-0.05, 0) is 35.7 Å². The molecule has 0 aliphatic carbocycles. The number of nitrogens with one attached hydrogen (secondary N) is 2. The van der Waals surface area contributed by atoms with Gasteiger partial charge in [0.25, 0.3) is 0 Å². The van der Waals surface area contributed by atoms with Crippen LogP contribution in [0.5, 0.6) is 0 Å². The van der Waals surface area contributed by atoms with Gasteiger partial charge in [-0.25, -0.2) is 15.0 Å². The Bertz CT molecular complexity index is 1040. The van der Waals surface area contributed by atoms with Crippen LogP contribution < -0.4 is 16.4 Å². The van der Waals surface area contributed by atoms with E-state index in [-0.39, 0.29) is 0 Å². The average Bonchev–Trinajstić information content (AvgIpc) is 3.08. The minimum absolute atomic E-state index is 0.449. The fourth-order valence-electron chi connectivity index (χ4n) is 2.71. The summed E-state index contributed by atoms with van der Waals surface area (Å²) in [5, 5.41) is 7.21. The van der Waals surface area contributed by atoms with Gasteiger partial charge in [0.1, 0.15) is 12.0 Å². The molecule has 4 N–H and O–H groups in total. The lowest BCUT2D eigenvalue weighted by molar-refractivity contribution is 0.867. The molecule has 0 aliphatic heterocycles. The van der Waals surface area contributed by atoms with Gasteiger partial charge >= 0.3 is 0 Å². The molecule has 0 fully saturated rings. The van der Waals surface area contributed by atoms with Gasteiger partial charge in [-0.1, -0.05) is 49.4 Å². The molecular formula is C20H20N6S. The summed E-state index contributed by atoms with van der Waals surface area (Å²) in [6, 6.07) is 16.2. The summed E-state index contributed by atoms with van der Waals surface area (Å²) in [4.78, 5) is 13.1. The number of para-hydroxylation sites is 1. The van der Waals surface area contributed by atoms with E-state index in [1.807, 2.05) is 36.4 Å². The van der Waals surface area contributed by atoms with Crippen molar-refractivity contribution >= 4 is 49.7 Å². The number of anilines is 5. The second-order valence-corrected chi connectivity index (χ2v) is 7.53. The van der Waals surface area contributed by atoms with Crippen molar-refractivity contribution in [3.63, 3.8) is 0 Å². The van der Waals surface area contributed by atoms with Gasteiger partial charge in [-0.3, -0.25) is 0 Å². The molecule has 0 bridgehead atoms. The molecule has 0 atom stereocenters. The van der Waals surface area contributed by atoms with Crippen molar-refractivity contribution in [2.75, 3.05) is 16.4 Å². The van der Waals surface area contributed by atoms with E-state index in [2.05, 4.69) is 51.6 Å². The average molecular weight is 376 g/mol. The molecule has 0 saturated carbocycles. The van der Waals surface area contributed by atoms with Crippen molar-refractivity contribution < 1.29 is 0 Å². The van der Waals surface area contributed by atoms with E-state index in [1.54, 1.807) is 11.3 Å². The third kappa shape index (κ3) is 3.68. The number of thiazole rings is 1. The molecule has 2 heterocycles. The number of aromatic nitrogens is 3. The summed E-state index contributed by atoms with van der Waals surface area (Å²) < 4.78 is 1.11. The van der Waals surface area contributed by atoms with E-state index < -0.39 is 0 Å². The second-order valence-electron chi connectivity index (χ2n) is 6.50. The highest BCUT2D eigenvalue weighted by molar-refractivity contribution is 7.22. The number of rotatable bonds is 5. The van der Waals surface area contributed by atoms with Crippen molar-refractivity contribution in [3.05, 3.63) is 60.4 Å². The van der Waals surface area contributed by atoms with E-state index in [0.29, 0.717) is 23.2 Å². The molecule has 0 radical (unpaired) electrons. The Labute approximate surface area is 161 Å². The van der Waals surface area contributed by atoms with Gasteiger partial charge in [0.05, 0.1) is 10.2 Å². The smallest absolute Gasteiger partial charge is 0.189 e. The van der Waals surface area contributed by atoms with Crippen molar-refractivity contribution in [3.8, 4) is 0 Å². The van der Waals surface area contributed by atoms with Crippen LogP contribution in [0.4, 0.5) is 28.1 Å². The van der Waals surface area contributed by atoms with E-state index in [9.17, 15) is 0 Å². The Kier molecular flexibility index (Phi) is 4.60. The molecule has 2 aromatic carbocycles. The van der Waals surface area contributed by atoms with Crippen LogP contribution in [0.1, 0.15) is 25.3 Å². The van der Waals surface area contributed by atoms with Crippen LogP contribution in [0, 0.1) is 0 Å². The molecule has 136 valence electrons. The molecule has 6 nitrogen and oxygen atoms in total. The molecule has 0 amide bonds. The standard InChI is InChI=1S/C20H20N6S/c1-12(2)13-7-9-14(10-8-13)24-18-17(21)19(23-11-22-18)26-20-25-15-5-3-4-6-16(15)27-20/h3-12H,21H2,1-2H3,(H2,22,23,24,25,26). The monoisotopic (exact) mass is 376 g/mol. The van der Waals surface area contributed by atoms with E-state index >= 15 is 0 Å². The predicted molar refractivity (Wildman–Crippen MR) is 113 cm³/mol. The quantitative estimate of drug-likeness (QED) is 0.439. The highest BCUT2D eigenvalue weighted by Crippen LogP contribution is 2.32. The van der Waals surface area contributed by atoms with E-state index in [4.69, 9.17) is 5.73 Å². The number of hydrogen-bond donors (Lipinski definition) is 3. The van der Waals surface area contributed by atoms with Gasteiger partial charge in [-0.15, -0.1) is 0 Å². The number of nitrogens with two attached hydrogens (primary N) is 1. The van der Waals surface area contributed by atoms with Crippen LogP contribution >= 0.6 is 11.3 Å². The maximum atomic E-state index is 6.28. The zero-order valence-electron chi connectivity index (χ0n) is 15.1. The summed E-state index contributed by atoms with van der Waals surface area (Å²) >= 11 is 1.56. The molecule has 0 spiro atoms. The number of hydrogen-bond acceptors (Lipinski definition) is 7. The summed E-state index contributed by atoms with van der Waals surface area (Å²) in [7, 11) is 0. The third-order valence-corrected chi connectivity index (χ3v) is 5.20. The molecule has 2 aromatic heterocycles. The normalized spacial score (nSPS) is 11.1. The first-order valence-electron chi connectivity index (χ1n) is 8.70. The highest BCUT2D eigenvalue weighted by atomic mass is 32.1. The van der Waals surface area contributed by atoms with Gasteiger partial charge in [0.2, 0.25) is 0 Å². The zero-order valence-corrected chi connectivity index (χ0v) is 15.9. The molecule has 4 aromatic rings. The van der Waals surface area contributed by atoms with E-state index in [1.165, 1.54) is 11.9 Å². The van der Waals surface area contributed by atoms with Crippen LogP contribution in [0.2, 0.25) is 0 Å². The highest BCUT2D eigenvalue weighted by Gasteiger charge is 2.11. The molecule has 0 aliphatic rings. The van der Waals surface area contributed by atoms with Crippen molar-refractivity contribution in [1.29, 1.82) is 0 Å². The maximum Gasteiger partial charge on any atom is 0.189 e. The van der Waals surface area contributed by atoms with Gasteiger partial charge < -0.3 is 16.4 Å². The van der Waals surface area contributed by atoms with Crippen molar-refractivity contribution in [1.82, 2.24) is 15.0 Å². The Morgan fingerprint density at radius 1 is 0.926 bits per heavy atom. The van der Waals surface area contributed by atoms with Crippen LogP contribution in [-0.2, 0) is 0 Å². The number of benzene rings is 2. The molecular weight excluding hydrogens is 356 g/mol. The molecule has 0 unspecified atom stereocenters. The molecule has 27 heavy (non-hydrogen) atoms. The lowest BCUT2D eigenvalue weighted by atomic mass is 10.0. The van der Waals surface area contributed by atoms with Gasteiger partial charge in [0.15, 0.2) is 16.8 Å². The van der Waals surface area contributed by atoms with Crippen LogP contribution in [0.15, 0.2) is 54.9 Å².